The van der Waals surface area contributed by atoms with E-state index in [4.69, 9.17) is 28.4 Å². The molecule has 0 unspecified atom stereocenters. The first-order chi connectivity index (χ1) is 43.2. The topological polar surface area (TPSA) is 421 Å². The Morgan fingerprint density at radius 3 is 1.04 bits per heavy atom. The van der Waals surface area contributed by atoms with E-state index in [9.17, 15) is 67.7 Å². The Labute approximate surface area is 552 Å². The maximum absolute atomic E-state index is 14.6. The number of nitrogens with one attached hydrogen (secondary N) is 10. The number of carbonyl (C=O) groups is 12. The largest absolute Gasteiger partial charge is 0.456 e. The van der Waals surface area contributed by atoms with Crippen molar-refractivity contribution in [3.05, 3.63) is 0 Å². The zero-order chi connectivity index (χ0) is 71.7. The normalized spacial score (nSPS) is 28.0. The summed E-state index contributed by atoms with van der Waals surface area (Å²) >= 11 is 0. The van der Waals surface area contributed by atoms with Gasteiger partial charge in [-0.2, -0.15) is 0 Å². The molecule has 12 N–H and O–H groups in total. The highest BCUT2D eigenvalue weighted by atomic mass is 16.6. The average molecular weight is 1340 g/mol. The summed E-state index contributed by atoms with van der Waals surface area (Å²) in [5.74, 6) is -10.8. The average Bonchev–Trinajstić information content (AvgIpc) is 1.65. The lowest BCUT2D eigenvalue weighted by atomic mass is 9.96. The van der Waals surface area contributed by atoms with Crippen LogP contribution < -0.4 is 53.2 Å². The van der Waals surface area contributed by atoms with Gasteiger partial charge in [0, 0.05) is 26.2 Å². The molecule has 0 aliphatic carbocycles. The number of rotatable bonds is 16. The van der Waals surface area contributed by atoms with Gasteiger partial charge in [-0.05, 0) is 145 Å². The van der Waals surface area contributed by atoms with E-state index in [1.54, 1.807) is 138 Å². The maximum Gasteiger partial charge on any atom is 0.407 e. The van der Waals surface area contributed by atoms with E-state index in [0.717, 1.165) is 0 Å². The third-order valence-corrected chi connectivity index (χ3v) is 15.0. The highest BCUT2D eigenvalue weighted by molar-refractivity contribution is 5.96. The van der Waals surface area contributed by atoms with Crippen LogP contribution in [0.5, 0.6) is 0 Å². The molecule has 0 saturated carbocycles. The molecule has 3 fully saturated rings. The number of hydrogen-bond acceptors (Lipinski definition) is 20. The fourth-order valence-electron chi connectivity index (χ4n) is 9.95. The smallest absolute Gasteiger partial charge is 0.407 e. The van der Waals surface area contributed by atoms with Crippen LogP contribution in [-0.4, -0.2) is 204 Å². The molecular weight excluding hydrogens is 1230 g/mol. The van der Waals surface area contributed by atoms with Crippen LogP contribution in [0.15, 0.2) is 0 Å². The molecule has 3 aliphatic heterocycles. The Kier molecular flexibility index (Phi) is 30.4. The summed E-state index contributed by atoms with van der Waals surface area (Å²) in [5.41, 5.74) is -3.98. The number of hydrogen-bond donors (Lipinski definition) is 12. The summed E-state index contributed by atoms with van der Waals surface area (Å²) in [7, 11) is 0. The van der Waals surface area contributed by atoms with Gasteiger partial charge in [-0.25, -0.2) is 9.59 Å². The molecule has 0 aromatic heterocycles. The number of ether oxygens (including phenoxy) is 6. The van der Waals surface area contributed by atoms with Crippen LogP contribution in [0, 0.1) is 34.5 Å². The summed E-state index contributed by atoms with van der Waals surface area (Å²) in [4.78, 5) is 168. The first-order valence-corrected chi connectivity index (χ1v) is 32.6. The van der Waals surface area contributed by atoms with Gasteiger partial charge in [-0.15, -0.1) is 0 Å². The van der Waals surface area contributed by atoms with Gasteiger partial charge in [-0.1, -0.05) is 55.4 Å². The Balaban J connectivity index is 2.25. The lowest BCUT2D eigenvalue weighted by Crippen LogP contribution is -2.59. The number of aliphatic hydroxyl groups excluding tert-OH is 2. The van der Waals surface area contributed by atoms with Crippen molar-refractivity contribution in [3.8, 4) is 0 Å². The van der Waals surface area contributed by atoms with Crippen molar-refractivity contribution >= 4 is 71.4 Å². The Morgan fingerprint density at radius 1 is 0.457 bits per heavy atom. The SMILES string of the molecule is CC(C)C[C@@H]1NC(=O)[C@H](CCCNC(=O)OC(C)(C)C)NC(=O)[C@H](C(C)C)NC(=O)[C@@H]2O[C@H](CNC(=O)[C@H](CC(C)C)NC(=O)[C@H](CCCNC(=O)OC(C)(C)C)NC(=O)[C@@H](C(C)C)NC(=O)[C@@H]3O[C@H](CNC1=O)[C@@H](OC(=O)C(C)(C)C)[C@@H]3O)[C@@H](OC(=O)C(C)(C)C)[C@@H]2O. The molecule has 0 aromatic rings. The number of amides is 10. The highest BCUT2D eigenvalue weighted by Gasteiger charge is 2.53. The molecule has 536 valence electrons. The molecule has 94 heavy (non-hydrogen) atoms. The second kappa shape index (κ2) is 35.2. The predicted octanol–water partition coefficient (Wildman–Crippen LogP) is 1.33. The van der Waals surface area contributed by atoms with Crippen LogP contribution in [0.2, 0.25) is 0 Å². The van der Waals surface area contributed by atoms with Crippen molar-refractivity contribution in [2.24, 2.45) is 34.5 Å². The van der Waals surface area contributed by atoms with Gasteiger partial charge in [0.15, 0.2) is 24.4 Å². The van der Waals surface area contributed by atoms with Crippen LogP contribution in [0.3, 0.4) is 0 Å². The van der Waals surface area contributed by atoms with E-state index >= 15 is 0 Å². The van der Waals surface area contributed by atoms with E-state index in [-0.39, 0.29) is 63.5 Å². The summed E-state index contributed by atoms with van der Waals surface area (Å²) < 4.78 is 34.5. The van der Waals surface area contributed by atoms with E-state index in [2.05, 4.69) is 53.2 Å². The fraction of sp³-hybridized carbons (Fsp3) is 0.812. The van der Waals surface area contributed by atoms with Crippen molar-refractivity contribution in [1.29, 1.82) is 0 Å². The van der Waals surface area contributed by atoms with E-state index in [0.29, 0.717) is 0 Å². The number of aliphatic hydroxyl groups is 2. The summed E-state index contributed by atoms with van der Waals surface area (Å²) in [6, 6.07) is -8.50. The number of esters is 2. The molecule has 3 aliphatic rings. The molecule has 0 aromatic carbocycles. The molecule has 30 heteroatoms. The molecular formula is C64H110N10O20. The minimum absolute atomic E-state index is 0.00779. The maximum atomic E-state index is 14.6. The summed E-state index contributed by atoms with van der Waals surface area (Å²) in [6.45, 7) is 31.6. The van der Waals surface area contributed by atoms with E-state index in [1.807, 2.05) is 0 Å². The minimum Gasteiger partial charge on any atom is -0.456 e. The lowest BCUT2D eigenvalue weighted by molar-refractivity contribution is -0.165. The van der Waals surface area contributed by atoms with Crippen LogP contribution in [-0.2, 0) is 76.4 Å². The van der Waals surface area contributed by atoms with E-state index in [1.165, 1.54) is 0 Å². The number of carbonyl (C=O) groups excluding carboxylic acids is 12. The van der Waals surface area contributed by atoms with Crippen molar-refractivity contribution < 1.29 is 96.2 Å². The molecule has 3 rings (SSSR count). The number of alkyl carbamates (subject to hydrolysis) is 2. The van der Waals surface area contributed by atoms with Crippen LogP contribution >= 0.6 is 0 Å². The zero-order valence-corrected chi connectivity index (χ0v) is 58.7. The standard InChI is InChI=1S/C64H110N10O20/c1-31(2)27-37-49(77)67-29-39-45(91-57(85)61(9,10)11)43(75)47(89-39)55(83)74-42(34(7)8)54(82)70-36(24-22-26-66-60(88)94-64(18,19)20)52(80)72-38(28-32(3)4)50(78)68-30-40-46(92-58(86)62(12,13)14)44(76)48(90-40)56(84)73-41(33(5)6)53(81)69-35(51(79)71-37)23-21-25-65-59(87)93-63(15,16)17/h31-48,75-76H,21-30H2,1-20H3,(H,65,87)(H,66,88)(H,67,77)(H,68,78)(H,69,81)(H,70,82)(H,71,79)(H,72,80)(H,73,84)(H,74,83)/t35-,36-,37-,38-,39+,40+,41-,42+,43-,44-,45+,46+,47+,48+/m0/s1. The quantitative estimate of drug-likeness (QED) is 0.0589. The third kappa shape index (κ3) is 26.4. The molecule has 14 atom stereocenters. The first-order valence-electron chi connectivity index (χ1n) is 32.6. The Hall–Kier alpha value is -6.92. The second-order valence-corrected chi connectivity index (χ2v) is 30.0. The Morgan fingerprint density at radius 2 is 0.766 bits per heavy atom. The molecule has 0 spiro atoms. The van der Waals surface area contributed by atoms with Crippen LogP contribution in [0.25, 0.3) is 0 Å². The van der Waals surface area contributed by atoms with Gasteiger partial charge < -0.3 is 91.8 Å². The van der Waals surface area contributed by atoms with Gasteiger partial charge in [0.1, 0.15) is 71.9 Å². The second-order valence-electron chi connectivity index (χ2n) is 30.0. The van der Waals surface area contributed by atoms with E-state index < -0.39 is 203 Å². The first kappa shape index (κ1) is 81.3. The molecule has 3 heterocycles. The van der Waals surface area contributed by atoms with Crippen molar-refractivity contribution in [3.63, 3.8) is 0 Å². The van der Waals surface area contributed by atoms with Crippen molar-refractivity contribution in [1.82, 2.24) is 53.2 Å². The van der Waals surface area contributed by atoms with Crippen molar-refractivity contribution in [2.75, 3.05) is 26.2 Å². The molecule has 10 amide bonds. The minimum atomic E-state index is -1.90. The van der Waals surface area contributed by atoms with Gasteiger partial charge in [-0.3, -0.25) is 47.9 Å². The summed E-state index contributed by atoms with van der Waals surface area (Å²) in [5, 5.41) is 50.3. The predicted molar refractivity (Wildman–Crippen MR) is 341 cm³/mol. The van der Waals surface area contributed by atoms with Gasteiger partial charge >= 0.3 is 24.1 Å². The zero-order valence-electron chi connectivity index (χ0n) is 58.7. The molecule has 3 saturated heterocycles. The van der Waals surface area contributed by atoms with Gasteiger partial charge in [0.25, 0.3) is 11.8 Å². The monoisotopic (exact) mass is 1340 g/mol. The van der Waals surface area contributed by atoms with Gasteiger partial charge in [0.05, 0.1) is 10.8 Å². The highest BCUT2D eigenvalue weighted by Crippen LogP contribution is 2.30. The van der Waals surface area contributed by atoms with Crippen LogP contribution in [0.1, 0.15) is 177 Å². The van der Waals surface area contributed by atoms with Gasteiger partial charge in [0.2, 0.25) is 35.4 Å². The Bertz CT molecular complexity index is 2470. The number of fused-ring (bicyclic) bond motifs is 4. The lowest BCUT2D eigenvalue weighted by Gasteiger charge is -2.28. The molecule has 0 radical (unpaired) electrons. The third-order valence-electron chi connectivity index (χ3n) is 15.0. The van der Waals surface area contributed by atoms with Crippen molar-refractivity contribution in [2.45, 2.75) is 273 Å². The summed E-state index contributed by atoms with van der Waals surface area (Å²) in [6.07, 6.45) is -15.2. The molecule has 4 bridgehead atoms. The fourth-order valence-corrected chi connectivity index (χ4v) is 9.95. The van der Waals surface area contributed by atoms with Crippen LogP contribution in [0.4, 0.5) is 9.59 Å². The molecule has 30 nitrogen and oxygen atoms in total.